The quantitative estimate of drug-likeness (QED) is 0.899. The Hall–Kier alpha value is -0.580. The van der Waals surface area contributed by atoms with E-state index in [0.717, 1.165) is 19.1 Å². The number of nitrogens with zero attached hydrogens (tertiary/aromatic N) is 2. The van der Waals surface area contributed by atoms with Gasteiger partial charge in [0.25, 0.3) is 0 Å². The zero-order chi connectivity index (χ0) is 14.3. The van der Waals surface area contributed by atoms with Gasteiger partial charge >= 0.3 is 0 Å². The van der Waals surface area contributed by atoms with Crippen molar-refractivity contribution < 1.29 is 0 Å². The van der Waals surface area contributed by atoms with Crippen molar-refractivity contribution in [2.75, 3.05) is 25.0 Å². The third-order valence-electron chi connectivity index (χ3n) is 4.99. The number of likely N-dealkylation sites (N-methyl/N-ethyl adjacent to an activating group) is 1. The summed E-state index contributed by atoms with van der Waals surface area (Å²) < 4.78 is 1.17. The maximum atomic E-state index is 5.96. The molecular formula is C16H24BrN3. The van der Waals surface area contributed by atoms with Gasteiger partial charge in [0.1, 0.15) is 0 Å². The SMILES string of the molecule is C[C@H](N)c1ccc(N2CCC3CCC(C2)N3C)c(Br)c1. The van der Waals surface area contributed by atoms with Crippen LogP contribution in [0.2, 0.25) is 0 Å². The first kappa shape index (κ1) is 14.4. The van der Waals surface area contributed by atoms with Gasteiger partial charge in [0.15, 0.2) is 0 Å². The van der Waals surface area contributed by atoms with E-state index in [1.165, 1.54) is 35.0 Å². The molecule has 1 aromatic carbocycles. The van der Waals surface area contributed by atoms with Crippen LogP contribution in [0.3, 0.4) is 0 Å². The number of fused-ring (bicyclic) bond motifs is 2. The average molecular weight is 338 g/mol. The van der Waals surface area contributed by atoms with Gasteiger partial charge in [-0.3, -0.25) is 4.90 Å². The number of anilines is 1. The molecule has 0 aliphatic carbocycles. The predicted molar refractivity (Wildman–Crippen MR) is 88.1 cm³/mol. The fourth-order valence-corrected chi connectivity index (χ4v) is 4.24. The largest absolute Gasteiger partial charge is 0.369 e. The summed E-state index contributed by atoms with van der Waals surface area (Å²) in [6.07, 6.45) is 3.99. The third-order valence-corrected chi connectivity index (χ3v) is 5.62. The molecule has 2 unspecified atom stereocenters. The fourth-order valence-electron chi connectivity index (χ4n) is 3.59. The molecule has 0 saturated carbocycles. The summed E-state index contributed by atoms with van der Waals surface area (Å²) in [5.74, 6) is 0. The van der Waals surface area contributed by atoms with Crippen LogP contribution in [0.5, 0.6) is 0 Å². The van der Waals surface area contributed by atoms with Crippen LogP contribution < -0.4 is 10.6 Å². The Bertz CT molecular complexity index is 489. The minimum absolute atomic E-state index is 0.0895. The highest BCUT2D eigenvalue weighted by atomic mass is 79.9. The summed E-state index contributed by atoms with van der Waals surface area (Å²) in [7, 11) is 2.29. The lowest BCUT2D eigenvalue weighted by Gasteiger charge is -2.28. The van der Waals surface area contributed by atoms with E-state index in [1.807, 2.05) is 6.92 Å². The van der Waals surface area contributed by atoms with Gasteiger partial charge in [-0.05, 0) is 66.9 Å². The molecule has 3 nitrogen and oxygen atoms in total. The minimum atomic E-state index is 0.0895. The number of benzene rings is 1. The maximum absolute atomic E-state index is 5.96. The van der Waals surface area contributed by atoms with E-state index < -0.39 is 0 Å². The van der Waals surface area contributed by atoms with Crippen molar-refractivity contribution in [3.05, 3.63) is 28.2 Å². The molecule has 110 valence electrons. The molecule has 4 heteroatoms. The lowest BCUT2D eigenvalue weighted by atomic mass is 10.1. The molecule has 2 N–H and O–H groups in total. The molecule has 2 heterocycles. The molecule has 2 fully saturated rings. The topological polar surface area (TPSA) is 32.5 Å². The van der Waals surface area contributed by atoms with Gasteiger partial charge in [-0.25, -0.2) is 0 Å². The third kappa shape index (κ3) is 2.61. The van der Waals surface area contributed by atoms with E-state index in [9.17, 15) is 0 Å². The maximum Gasteiger partial charge on any atom is 0.0511 e. The van der Waals surface area contributed by atoms with Crippen molar-refractivity contribution >= 4 is 21.6 Å². The van der Waals surface area contributed by atoms with Crippen molar-refractivity contribution in [3.8, 4) is 0 Å². The Kier molecular flexibility index (Phi) is 4.07. The number of nitrogens with two attached hydrogens (primary N) is 1. The first-order valence-corrected chi connectivity index (χ1v) is 8.37. The molecule has 3 atom stereocenters. The second-order valence-electron chi connectivity index (χ2n) is 6.28. The second kappa shape index (κ2) is 5.66. The van der Waals surface area contributed by atoms with Crippen LogP contribution >= 0.6 is 15.9 Å². The van der Waals surface area contributed by atoms with Crippen molar-refractivity contribution in [1.29, 1.82) is 0 Å². The van der Waals surface area contributed by atoms with Crippen LogP contribution in [0, 0.1) is 0 Å². The van der Waals surface area contributed by atoms with Gasteiger partial charge in [-0.2, -0.15) is 0 Å². The first-order chi connectivity index (χ1) is 9.56. The zero-order valence-electron chi connectivity index (χ0n) is 12.3. The molecule has 0 radical (unpaired) electrons. The minimum Gasteiger partial charge on any atom is -0.369 e. The molecule has 3 rings (SSSR count). The molecule has 2 saturated heterocycles. The Morgan fingerprint density at radius 3 is 2.70 bits per heavy atom. The summed E-state index contributed by atoms with van der Waals surface area (Å²) in [6, 6.07) is 8.15. The van der Waals surface area contributed by atoms with E-state index in [0.29, 0.717) is 6.04 Å². The zero-order valence-corrected chi connectivity index (χ0v) is 13.9. The van der Waals surface area contributed by atoms with Gasteiger partial charge in [-0.15, -0.1) is 0 Å². The highest BCUT2D eigenvalue weighted by Crippen LogP contribution is 2.34. The lowest BCUT2D eigenvalue weighted by molar-refractivity contribution is 0.254. The normalized spacial score (nSPS) is 28.5. The first-order valence-electron chi connectivity index (χ1n) is 7.58. The summed E-state index contributed by atoms with van der Waals surface area (Å²) in [4.78, 5) is 5.12. The van der Waals surface area contributed by atoms with E-state index >= 15 is 0 Å². The van der Waals surface area contributed by atoms with E-state index in [1.54, 1.807) is 0 Å². The van der Waals surface area contributed by atoms with Crippen LogP contribution in [0.15, 0.2) is 22.7 Å². The van der Waals surface area contributed by atoms with Crippen LogP contribution in [0.25, 0.3) is 0 Å². The Labute approximate surface area is 130 Å². The second-order valence-corrected chi connectivity index (χ2v) is 7.14. The van der Waals surface area contributed by atoms with Gasteiger partial charge in [0.05, 0.1) is 5.69 Å². The van der Waals surface area contributed by atoms with Crippen molar-refractivity contribution in [1.82, 2.24) is 4.90 Å². The van der Waals surface area contributed by atoms with E-state index in [2.05, 4.69) is 51.0 Å². The molecule has 2 bridgehead atoms. The van der Waals surface area contributed by atoms with Crippen LogP contribution in [0.1, 0.15) is 37.8 Å². The van der Waals surface area contributed by atoms with E-state index in [-0.39, 0.29) is 6.04 Å². The molecular weight excluding hydrogens is 314 g/mol. The highest BCUT2D eigenvalue weighted by Gasteiger charge is 2.34. The number of hydrogen-bond donors (Lipinski definition) is 1. The molecule has 0 amide bonds. The molecule has 20 heavy (non-hydrogen) atoms. The standard InChI is InChI=1S/C16H24BrN3/c1-11(18)12-3-6-16(15(17)9-12)20-8-7-13-4-5-14(10-20)19(13)2/h3,6,9,11,13-14H,4-5,7-8,10,18H2,1-2H3/t11-,13?,14?/m0/s1. The number of rotatable bonds is 2. The summed E-state index contributed by atoms with van der Waals surface area (Å²) in [5, 5.41) is 0. The van der Waals surface area contributed by atoms with Gasteiger partial charge in [-0.1, -0.05) is 6.07 Å². The molecule has 0 spiro atoms. The highest BCUT2D eigenvalue weighted by molar-refractivity contribution is 9.10. The van der Waals surface area contributed by atoms with Crippen LogP contribution in [0.4, 0.5) is 5.69 Å². The van der Waals surface area contributed by atoms with Gasteiger partial charge in [0, 0.05) is 35.7 Å². The molecule has 0 aromatic heterocycles. The fraction of sp³-hybridized carbons (Fsp3) is 0.625. The van der Waals surface area contributed by atoms with Gasteiger partial charge < -0.3 is 10.6 Å². The average Bonchev–Trinajstić information content (AvgIpc) is 2.64. The number of hydrogen-bond acceptors (Lipinski definition) is 3. The summed E-state index contributed by atoms with van der Waals surface area (Å²) in [5.41, 5.74) is 8.47. The van der Waals surface area contributed by atoms with Crippen molar-refractivity contribution in [2.45, 2.75) is 44.3 Å². The summed E-state index contributed by atoms with van der Waals surface area (Å²) in [6.45, 7) is 4.33. The Morgan fingerprint density at radius 1 is 1.25 bits per heavy atom. The Morgan fingerprint density at radius 2 is 2.00 bits per heavy atom. The van der Waals surface area contributed by atoms with Crippen molar-refractivity contribution in [2.24, 2.45) is 5.73 Å². The lowest BCUT2D eigenvalue weighted by Crippen LogP contribution is -2.36. The molecule has 2 aliphatic heterocycles. The van der Waals surface area contributed by atoms with Crippen molar-refractivity contribution in [3.63, 3.8) is 0 Å². The Balaban J connectivity index is 1.82. The van der Waals surface area contributed by atoms with Crippen LogP contribution in [-0.4, -0.2) is 37.1 Å². The monoisotopic (exact) mass is 337 g/mol. The smallest absolute Gasteiger partial charge is 0.0511 e. The summed E-state index contributed by atoms with van der Waals surface area (Å²) >= 11 is 3.73. The van der Waals surface area contributed by atoms with E-state index in [4.69, 9.17) is 5.73 Å². The number of halogens is 1. The van der Waals surface area contributed by atoms with Crippen LogP contribution in [-0.2, 0) is 0 Å². The predicted octanol–water partition coefficient (Wildman–Crippen LogP) is 3.14. The molecule has 2 aliphatic rings. The molecule has 1 aromatic rings. The van der Waals surface area contributed by atoms with Gasteiger partial charge in [0.2, 0.25) is 0 Å².